The van der Waals surface area contributed by atoms with Crippen molar-refractivity contribution in [3.8, 4) is 0 Å². The molecular weight excluding hydrogens is 290 g/mol. The molecule has 0 spiro atoms. The number of carboxylic acids is 1. The Hall–Kier alpha value is -2.33. The molecule has 4 nitrogen and oxygen atoms in total. The Labute approximate surface area is 126 Å². The summed E-state index contributed by atoms with van der Waals surface area (Å²) in [7, 11) is 0. The molecule has 2 aromatic carbocycles. The van der Waals surface area contributed by atoms with Crippen molar-refractivity contribution in [2.75, 3.05) is 4.90 Å². The van der Waals surface area contributed by atoms with Crippen LogP contribution >= 0.6 is 11.6 Å². The van der Waals surface area contributed by atoms with Crippen LogP contribution in [0.5, 0.6) is 0 Å². The summed E-state index contributed by atoms with van der Waals surface area (Å²) in [6, 6.07) is 13.5. The number of amides is 1. The van der Waals surface area contributed by atoms with Gasteiger partial charge in [0.15, 0.2) is 0 Å². The maximum Gasteiger partial charge on any atom is 0.305 e. The van der Waals surface area contributed by atoms with Gasteiger partial charge in [0.25, 0.3) is 5.91 Å². The number of carboxylic acid groups (broad SMARTS) is 1. The zero-order chi connectivity index (χ0) is 15.0. The Balaban J connectivity index is 2.11. The lowest BCUT2D eigenvalue weighted by atomic mass is 10.0. The molecule has 0 bridgehead atoms. The van der Waals surface area contributed by atoms with E-state index in [0.717, 1.165) is 5.56 Å². The van der Waals surface area contributed by atoms with E-state index in [1.165, 1.54) is 4.90 Å². The average Bonchev–Trinajstić information content (AvgIpc) is 2.72. The van der Waals surface area contributed by atoms with E-state index in [2.05, 4.69) is 0 Å². The van der Waals surface area contributed by atoms with Crippen molar-refractivity contribution in [3.05, 3.63) is 64.7 Å². The maximum absolute atomic E-state index is 12.6. The van der Waals surface area contributed by atoms with Gasteiger partial charge in [0, 0.05) is 16.3 Å². The fourth-order valence-electron chi connectivity index (χ4n) is 2.68. The molecule has 1 atom stereocenters. The topological polar surface area (TPSA) is 57.6 Å². The second kappa shape index (κ2) is 5.22. The zero-order valence-electron chi connectivity index (χ0n) is 11.0. The maximum atomic E-state index is 12.6. The van der Waals surface area contributed by atoms with E-state index >= 15 is 0 Å². The van der Waals surface area contributed by atoms with Crippen molar-refractivity contribution < 1.29 is 14.7 Å². The molecule has 1 N–H and O–H groups in total. The van der Waals surface area contributed by atoms with Gasteiger partial charge in [-0.3, -0.25) is 9.59 Å². The normalized spacial score (nSPS) is 16.9. The van der Waals surface area contributed by atoms with Crippen molar-refractivity contribution in [2.24, 2.45) is 0 Å². The minimum Gasteiger partial charge on any atom is -0.481 e. The van der Waals surface area contributed by atoms with Crippen LogP contribution in [0.4, 0.5) is 5.69 Å². The number of carbonyl (C=O) groups excluding carboxylic acids is 1. The van der Waals surface area contributed by atoms with Crippen molar-refractivity contribution in [3.63, 3.8) is 0 Å². The van der Waals surface area contributed by atoms with E-state index in [0.29, 0.717) is 16.3 Å². The molecule has 0 fully saturated rings. The number of anilines is 1. The summed E-state index contributed by atoms with van der Waals surface area (Å²) in [4.78, 5) is 25.2. The van der Waals surface area contributed by atoms with Crippen molar-refractivity contribution in [1.82, 2.24) is 0 Å². The van der Waals surface area contributed by atoms with Gasteiger partial charge in [-0.05, 0) is 29.8 Å². The Morgan fingerprint density at radius 3 is 2.67 bits per heavy atom. The van der Waals surface area contributed by atoms with E-state index in [-0.39, 0.29) is 12.3 Å². The van der Waals surface area contributed by atoms with E-state index in [9.17, 15) is 9.59 Å². The number of hydrogen-bond donors (Lipinski definition) is 1. The highest BCUT2D eigenvalue weighted by Crippen LogP contribution is 2.39. The van der Waals surface area contributed by atoms with Crippen LogP contribution in [0.15, 0.2) is 48.5 Å². The lowest BCUT2D eigenvalue weighted by molar-refractivity contribution is -0.137. The Morgan fingerprint density at radius 2 is 1.95 bits per heavy atom. The molecule has 0 saturated carbocycles. The lowest BCUT2D eigenvalue weighted by Gasteiger charge is -2.24. The predicted molar refractivity (Wildman–Crippen MR) is 79.7 cm³/mol. The second-order valence-corrected chi connectivity index (χ2v) is 5.29. The minimum atomic E-state index is -0.948. The lowest BCUT2D eigenvalue weighted by Crippen LogP contribution is -2.29. The largest absolute Gasteiger partial charge is 0.481 e. The Kier molecular flexibility index (Phi) is 3.39. The van der Waals surface area contributed by atoms with Crippen LogP contribution in [-0.4, -0.2) is 17.0 Å². The SMILES string of the molecule is O=C(O)CC1c2ccccc2C(=O)N1c1cccc(Cl)c1. The van der Waals surface area contributed by atoms with Gasteiger partial charge in [-0.15, -0.1) is 0 Å². The molecule has 1 unspecified atom stereocenters. The number of benzene rings is 2. The average molecular weight is 302 g/mol. The van der Waals surface area contributed by atoms with Gasteiger partial charge in [-0.2, -0.15) is 0 Å². The fraction of sp³-hybridized carbons (Fsp3) is 0.125. The van der Waals surface area contributed by atoms with Crippen LogP contribution in [-0.2, 0) is 4.79 Å². The Bertz CT molecular complexity index is 729. The third-order valence-corrected chi connectivity index (χ3v) is 3.77. The van der Waals surface area contributed by atoms with Gasteiger partial charge in [-0.25, -0.2) is 0 Å². The molecule has 0 radical (unpaired) electrons. The fourth-order valence-corrected chi connectivity index (χ4v) is 2.87. The molecule has 1 heterocycles. The third kappa shape index (κ3) is 2.38. The van der Waals surface area contributed by atoms with Crippen molar-refractivity contribution in [2.45, 2.75) is 12.5 Å². The number of rotatable bonds is 3. The standard InChI is InChI=1S/C16H12ClNO3/c17-10-4-3-5-11(8-10)18-14(9-15(19)20)12-6-1-2-7-13(12)16(18)21/h1-8,14H,9H2,(H,19,20). The highest BCUT2D eigenvalue weighted by Gasteiger charge is 2.38. The number of halogens is 1. The van der Waals surface area contributed by atoms with Gasteiger partial charge in [-0.1, -0.05) is 35.9 Å². The van der Waals surface area contributed by atoms with E-state index < -0.39 is 12.0 Å². The van der Waals surface area contributed by atoms with Gasteiger partial charge in [0.05, 0.1) is 12.5 Å². The quantitative estimate of drug-likeness (QED) is 0.943. The van der Waals surface area contributed by atoms with Crippen LogP contribution in [0.3, 0.4) is 0 Å². The van der Waals surface area contributed by atoms with E-state index in [1.54, 1.807) is 42.5 Å². The molecule has 1 aliphatic rings. The summed E-state index contributed by atoms with van der Waals surface area (Å²) in [5.74, 6) is -1.14. The van der Waals surface area contributed by atoms with Crippen LogP contribution in [0, 0.1) is 0 Å². The molecule has 21 heavy (non-hydrogen) atoms. The van der Waals surface area contributed by atoms with Gasteiger partial charge >= 0.3 is 5.97 Å². The number of hydrogen-bond acceptors (Lipinski definition) is 2. The zero-order valence-corrected chi connectivity index (χ0v) is 11.7. The molecule has 1 amide bonds. The molecule has 0 aromatic heterocycles. The molecule has 0 saturated heterocycles. The molecule has 0 aliphatic carbocycles. The minimum absolute atomic E-state index is 0.144. The van der Waals surface area contributed by atoms with E-state index in [1.807, 2.05) is 6.07 Å². The van der Waals surface area contributed by atoms with Crippen molar-refractivity contribution >= 4 is 29.2 Å². The first-order valence-corrected chi connectivity index (χ1v) is 6.85. The van der Waals surface area contributed by atoms with Crippen LogP contribution < -0.4 is 4.90 Å². The van der Waals surface area contributed by atoms with Crippen LogP contribution in [0.25, 0.3) is 0 Å². The van der Waals surface area contributed by atoms with Crippen LogP contribution in [0.1, 0.15) is 28.4 Å². The third-order valence-electron chi connectivity index (χ3n) is 3.54. The summed E-state index contributed by atoms with van der Waals surface area (Å²) in [5, 5.41) is 9.65. The summed E-state index contributed by atoms with van der Waals surface area (Å²) < 4.78 is 0. The number of carbonyl (C=O) groups is 2. The second-order valence-electron chi connectivity index (χ2n) is 4.86. The highest BCUT2D eigenvalue weighted by atomic mass is 35.5. The first-order chi connectivity index (χ1) is 10.1. The van der Waals surface area contributed by atoms with Gasteiger partial charge in [0.1, 0.15) is 0 Å². The molecule has 1 aliphatic heterocycles. The van der Waals surface area contributed by atoms with E-state index in [4.69, 9.17) is 16.7 Å². The monoisotopic (exact) mass is 301 g/mol. The first-order valence-electron chi connectivity index (χ1n) is 6.48. The van der Waals surface area contributed by atoms with Crippen molar-refractivity contribution in [1.29, 1.82) is 0 Å². The summed E-state index contributed by atoms with van der Waals surface area (Å²) in [5.41, 5.74) is 1.89. The number of nitrogens with zero attached hydrogens (tertiary/aromatic N) is 1. The van der Waals surface area contributed by atoms with Crippen LogP contribution in [0.2, 0.25) is 5.02 Å². The highest BCUT2D eigenvalue weighted by molar-refractivity contribution is 6.31. The summed E-state index contributed by atoms with van der Waals surface area (Å²) in [6.45, 7) is 0. The molecule has 3 rings (SSSR count). The predicted octanol–water partition coefficient (Wildman–Crippen LogP) is 3.52. The first kappa shape index (κ1) is 13.6. The molecular formula is C16H12ClNO3. The molecule has 2 aromatic rings. The number of aliphatic carboxylic acids is 1. The van der Waals surface area contributed by atoms with Gasteiger partial charge < -0.3 is 10.0 Å². The Morgan fingerprint density at radius 1 is 1.19 bits per heavy atom. The summed E-state index contributed by atoms with van der Waals surface area (Å²) >= 11 is 5.98. The number of fused-ring (bicyclic) bond motifs is 1. The van der Waals surface area contributed by atoms with Gasteiger partial charge in [0.2, 0.25) is 0 Å². The molecule has 106 valence electrons. The summed E-state index contributed by atoms with van der Waals surface area (Å²) in [6.07, 6.45) is -0.144. The smallest absolute Gasteiger partial charge is 0.305 e. The molecule has 5 heteroatoms.